The molecule has 0 unspecified atom stereocenters. The minimum absolute atomic E-state index is 0.0718. The molecule has 0 saturated carbocycles. The third-order valence-corrected chi connectivity index (χ3v) is 6.58. The van der Waals surface area contributed by atoms with E-state index in [1.807, 2.05) is 42.5 Å². The third kappa shape index (κ3) is 5.01. The summed E-state index contributed by atoms with van der Waals surface area (Å²) >= 11 is 0. The maximum Gasteiger partial charge on any atom is 0.256 e. The molecule has 1 aliphatic heterocycles. The second-order valence-electron chi connectivity index (χ2n) is 9.00. The van der Waals surface area contributed by atoms with Gasteiger partial charge in [0.2, 0.25) is 0 Å². The van der Waals surface area contributed by atoms with E-state index in [-0.39, 0.29) is 5.91 Å². The summed E-state index contributed by atoms with van der Waals surface area (Å²) in [6, 6.07) is 22.2. The highest BCUT2D eigenvalue weighted by Crippen LogP contribution is 2.28. The highest BCUT2D eigenvalue weighted by Gasteiger charge is 2.18. The molecule has 168 valence electrons. The van der Waals surface area contributed by atoms with Crippen molar-refractivity contribution in [3.8, 4) is 16.9 Å². The Hall–Kier alpha value is -3.37. The van der Waals surface area contributed by atoms with E-state index in [0.717, 1.165) is 72.5 Å². The second-order valence-corrected chi connectivity index (χ2v) is 9.00. The Morgan fingerprint density at radius 2 is 1.76 bits per heavy atom. The van der Waals surface area contributed by atoms with Crippen LogP contribution in [0.4, 0.5) is 5.69 Å². The van der Waals surface area contributed by atoms with Gasteiger partial charge in [-0.15, -0.1) is 0 Å². The number of piperidine rings is 1. The zero-order valence-electron chi connectivity index (χ0n) is 19.1. The molecule has 0 radical (unpaired) electrons. The van der Waals surface area contributed by atoms with Crippen molar-refractivity contribution in [3.05, 3.63) is 89.5 Å². The lowest BCUT2D eigenvalue weighted by Gasteiger charge is -2.29. The molecule has 0 bridgehead atoms. The molecule has 1 N–H and O–H groups in total. The number of rotatable bonds is 5. The Labute approximate surface area is 195 Å². The summed E-state index contributed by atoms with van der Waals surface area (Å²) in [4.78, 5) is 15.4. The van der Waals surface area contributed by atoms with Gasteiger partial charge in [-0.25, -0.2) is 0 Å². The summed E-state index contributed by atoms with van der Waals surface area (Å²) in [6.45, 7) is 2.17. The number of hydrogen-bond donors (Lipinski definition) is 1. The van der Waals surface area contributed by atoms with Crippen LogP contribution < -0.4 is 10.1 Å². The van der Waals surface area contributed by atoms with E-state index in [4.69, 9.17) is 4.74 Å². The Morgan fingerprint density at radius 3 is 2.58 bits per heavy atom. The predicted octanol–water partition coefficient (Wildman–Crippen LogP) is 6.04. The molecule has 0 atom stereocenters. The molecule has 33 heavy (non-hydrogen) atoms. The number of aryl methyl sites for hydroxylation is 1. The average molecular weight is 439 g/mol. The van der Waals surface area contributed by atoms with Crippen LogP contribution in [0.1, 0.15) is 40.7 Å². The fraction of sp³-hybridized carbons (Fsp3) is 0.276. The Morgan fingerprint density at radius 1 is 0.970 bits per heavy atom. The third-order valence-electron chi connectivity index (χ3n) is 6.58. The van der Waals surface area contributed by atoms with E-state index < -0.39 is 0 Å². The van der Waals surface area contributed by atoms with Gasteiger partial charge in [0.1, 0.15) is 11.9 Å². The zero-order valence-corrected chi connectivity index (χ0v) is 19.1. The van der Waals surface area contributed by atoms with Gasteiger partial charge >= 0.3 is 0 Å². The molecular weight excluding hydrogens is 408 g/mol. The van der Waals surface area contributed by atoms with E-state index in [9.17, 15) is 4.79 Å². The molecule has 1 fully saturated rings. The van der Waals surface area contributed by atoms with Gasteiger partial charge in [0.15, 0.2) is 0 Å². The number of nitrogens with zero attached hydrogens (tertiary/aromatic N) is 1. The Balaban J connectivity index is 1.28. The minimum Gasteiger partial charge on any atom is -0.490 e. The highest BCUT2D eigenvalue weighted by atomic mass is 16.5. The normalized spacial score (nSPS) is 16.3. The molecule has 5 rings (SSSR count). The molecule has 2 aliphatic rings. The number of carbonyl (C=O) groups excluding carboxylic acids is 1. The molecule has 4 nitrogen and oxygen atoms in total. The van der Waals surface area contributed by atoms with Crippen LogP contribution in [0.2, 0.25) is 0 Å². The van der Waals surface area contributed by atoms with Crippen molar-refractivity contribution < 1.29 is 9.53 Å². The zero-order chi connectivity index (χ0) is 22.6. The fourth-order valence-electron chi connectivity index (χ4n) is 4.66. The molecular formula is C29H30N2O2. The summed E-state index contributed by atoms with van der Waals surface area (Å²) in [5.74, 6) is 0.845. The SMILES string of the molecule is CN1CCC(Oc2ccc(-c3cccc(NC(=O)c4cccc5c4C=CCC5)c3)cc2)CC1. The average Bonchev–Trinajstić information content (AvgIpc) is 2.86. The first-order valence-electron chi connectivity index (χ1n) is 11.8. The standard InChI is InChI=1S/C29H30N2O2/c1-31-18-16-26(17-19-31)33-25-14-12-21(13-15-25)23-8-4-9-24(20-23)30-29(32)28-11-5-7-22-6-2-3-10-27(22)28/h3-5,7-15,20,26H,2,6,16-19H2,1H3,(H,30,32). The van der Waals surface area contributed by atoms with Crippen molar-refractivity contribution in [1.29, 1.82) is 0 Å². The summed E-state index contributed by atoms with van der Waals surface area (Å²) < 4.78 is 6.18. The molecule has 4 heteroatoms. The number of anilines is 1. The lowest BCUT2D eigenvalue weighted by Crippen LogP contribution is -2.35. The van der Waals surface area contributed by atoms with Gasteiger partial charge in [-0.05, 0) is 85.3 Å². The lowest BCUT2D eigenvalue weighted by molar-refractivity contribution is 0.102. The molecule has 1 heterocycles. The lowest BCUT2D eigenvalue weighted by atomic mass is 9.93. The largest absolute Gasteiger partial charge is 0.490 e. The van der Waals surface area contributed by atoms with E-state index >= 15 is 0 Å². The van der Waals surface area contributed by atoms with Crippen molar-refractivity contribution in [2.24, 2.45) is 0 Å². The minimum atomic E-state index is -0.0718. The van der Waals surface area contributed by atoms with E-state index in [2.05, 4.69) is 53.7 Å². The smallest absolute Gasteiger partial charge is 0.256 e. The van der Waals surface area contributed by atoms with Gasteiger partial charge < -0.3 is 15.0 Å². The van der Waals surface area contributed by atoms with Gasteiger partial charge in [-0.2, -0.15) is 0 Å². The first-order chi connectivity index (χ1) is 16.2. The molecule has 1 amide bonds. The van der Waals surface area contributed by atoms with Gasteiger partial charge in [-0.1, -0.05) is 48.6 Å². The second kappa shape index (κ2) is 9.63. The number of ether oxygens (including phenoxy) is 1. The van der Waals surface area contributed by atoms with Crippen LogP contribution in [0.25, 0.3) is 17.2 Å². The van der Waals surface area contributed by atoms with Crippen molar-refractivity contribution in [2.45, 2.75) is 31.8 Å². The molecule has 1 saturated heterocycles. The Bertz CT molecular complexity index is 1160. The summed E-state index contributed by atoms with van der Waals surface area (Å²) in [5, 5.41) is 3.09. The van der Waals surface area contributed by atoms with Crippen molar-refractivity contribution in [2.75, 3.05) is 25.5 Å². The Kier molecular flexibility index (Phi) is 6.27. The molecule has 0 aromatic heterocycles. The number of amides is 1. The summed E-state index contributed by atoms with van der Waals surface area (Å²) in [5.41, 5.74) is 5.96. The first kappa shape index (κ1) is 21.5. The molecule has 1 aliphatic carbocycles. The quantitative estimate of drug-likeness (QED) is 0.528. The number of benzene rings is 3. The van der Waals surface area contributed by atoms with Crippen LogP contribution in [0.5, 0.6) is 5.75 Å². The number of fused-ring (bicyclic) bond motifs is 1. The van der Waals surface area contributed by atoms with Gasteiger partial charge in [-0.3, -0.25) is 4.79 Å². The predicted molar refractivity (Wildman–Crippen MR) is 135 cm³/mol. The van der Waals surface area contributed by atoms with Crippen LogP contribution in [-0.2, 0) is 6.42 Å². The van der Waals surface area contributed by atoms with Crippen LogP contribution in [0.15, 0.2) is 72.8 Å². The number of hydrogen-bond acceptors (Lipinski definition) is 3. The fourth-order valence-corrected chi connectivity index (χ4v) is 4.66. The van der Waals surface area contributed by atoms with Crippen molar-refractivity contribution in [3.63, 3.8) is 0 Å². The van der Waals surface area contributed by atoms with Crippen molar-refractivity contribution >= 4 is 17.7 Å². The maximum atomic E-state index is 13.0. The maximum absolute atomic E-state index is 13.0. The van der Waals surface area contributed by atoms with Gasteiger partial charge in [0, 0.05) is 24.3 Å². The first-order valence-corrected chi connectivity index (χ1v) is 11.8. The monoisotopic (exact) mass is 438 g/mol. The van der Waals surface area contributed by atoms with Crippen molar-refractivity contribution in [1.82, 2.24) is 4.90 Å². The van der Waals surface area contributed by atoms with Crippen LogP contribution >= 0.6 is 0 Å². The molecule has 3 aromatic carbocycles. The van der Waals surface area contributed by atoms with Crippen LogP contribution in [0.3, 0.4) is 0 Å². The van der Waals surface area contributed by atoms with E-state index in [0.29, 0.717) is 6.10 Å². The van der Waals surface area contributed by atoms with Crippen LogP contribution in [0, 0.1) is 0 Å². The van der Waals surface area contributed by atoms with Gasteiger partial charge in [0.25, 0.3) is 5.91 Å². The number of allylic oxidation sites excluding steroid dienone is 1. The molecule has 0 spiro atoms. The van der Waals surface area contributed by atoms with E-state index in [1.54, 1.807) is 0 Å². The van der Waals surface area contributed by atoms with Gasteiger partial charge in [0.05, 0.1) is 0 Å². The summed E-state index contributed by atoms with van der Waals surface area (Å²) in [7, 11) is 2.16. The van der Waals surface area contributed by atoms with E-state index in [1.165, 1.54) is 5.56 Å². The topological polar surface area (TPSA) is 41.6 Å². The molecule has 3 aromatic rings. The highest BCUT2D eigenvalue weighted by molar-refractivity contribution is 6.07. The number of likely N-dealkylation sites (tertiary alicyclic amines) is 1. The van der Waals surface area contributed by atoms with Crippen LogP contribution in [-0.4, -0.2) is 37.0 Å². The number of nitrogens with one attached hydrogen (secondary N) is 1. The summed E-state index contributed by atoms with van der Waals surface area (Å²) in [6.07, 6.45) is 8.66. The number of carbonyl (C=O) groups is 1.